The number of aromatic nitrogens is 2. The van der Waals surface area contributed by atoms with E-state index in [0.717, 1.165) is 37.4 Å². The number of esters is 1. The predicted molar refractivity (Wildman–Crippen MR) is 116 cm³/mol. The van der Waals surface area contributed by atoms with Crippen LogP contribution in [0.25, 0.3) is 16.6 Å². The summed E-state index contributed by atoms with van der Waals surface area (Å²) in [5.41, 5.74) is 1.43. The van der Waals surface area contributed by atoms with E-state index >= 15 is 0 Å². The van der Waals surface area contributed by atoms with Gasteiger partial charge in [-0.25, -0.2) is 14.3 Å². The number of benzene rings is 2. The molecule has 0 unspecified atom stereocenters. The van der Waals surface area contributed by atoms with Crippen molar-refractivity contribution < 1.29 is 14.3 Å². The number of methoxy groups -OCH3 is 1. The van der Waals surface area contributed by atoms with E-state index < -0.39 is 5.97 Å². The first kappa shape index (κ1) is 19.9. The third kappa shape index (κ3) is 3.75. The molecular formula is C23H25N3O4. The highest BCUT2D eigenvalue weighted by atomic mass is 16.5. The molecule has 0 saturated carbocycles. The van der Waals surface area contributed by atoms with Crippen LogP contribution in [0, 0.1) is 0 Å². The Morgan fingerprint density at radius 1 is 1.07 bits per heavy atom. The molecule has 0 radical (unpaired) electrons. The topological polar surface area (TPSA) is 73.7 Å². The molecular weight excluding hydrogens is 382 g/mol. The molecule has 7 heteroatoms. The first-order valence-electron chi connectivity index (χ1n) is 10.3. The number of carbonyl (C=O) groups is 1. The molecule has 0 amide bonds. The number of nitrogens with zero attached hydrogens (tertiary/aromatic N) is 3. The number of anilines is 1. The number of ether oxygens (including phenoxy) is 2. The van der Waals surface area contributed by atoms with Gasteiger partial charge in [0.2, 0.25) is 5.95 Å². The summed E-state index contributed by atoms with van der Waals surface area (Å²) in [6.45, 7) is 4.19. The average molecular weight is 407 g/mol. The van der Waals surface area contributed by atoms with Gasteiger partial charge in [-0.3, -0.25) is 4.79 Å². The molecule has 1 saturated heterocycles. The van der Waals surface area contributed by atoms with Gasteiger partial charge in [0.1, 0.15) is 5.75 Å². The lowest BCUT2D eigenvalue weighted by Crippen LogP contribution is -2.36. The Labute approximate surface area is 174 Å². The lowest BCUT2D eigenvalue weighted by molar-refractivity contribution is 0.0601. The monoisotopic (exact) mass is 407 g/mol. The highest BCUT2D eigenvalue weighted by molar-refractivity contribution is 5.94. The van der Waals surface area contributed by atoms with Crippen molar-refractivity contribution in [3.8, 4) is 11.4 Å². The van der Waals surface area contributed by atoms with Crippen molar-refractivity contribution >= 4 is 22.8 Å². The zero-order valence-electron chi connectivity index (χ0n) is 17.3. The zero-order valence-corrected chi connectivity index (χ0v) is 17.3. The van der Waals surface area contributed by atoms with E-state index in [1.54, 1.807) is 22.8 Å². The molecule has 0 N–H and O–H groups in total. The summed E-state index contributed by atoms with van der Waals surface area (Å²) in [6.07, 6.45) is 3.28. The van der Waals surface area contributed by atoms with Crippen molar-refractivity contribution in [2.24, 2.45) is 0 Å². The standard InChI is InChI=1S/C23H25N3O4/c1-3-30-18-10-8-17(9-11-18)26-21(27)19-12-7-16(22(28)29-2)15-20(19)24-23(26)25-13-5-4-6-14-25/h7-12,15H,3-6,13-14H2,1-2H3. The fraction of sp³-hybridized carbons (Fsp3) is 0.348. The molecule has 0 atom stereocenters. The third-order valence-electron chi connectivity index (χ3n) is 5.32. The van der Waals surface area contributed by atoms with Crippen molar-refractivity contribution in [1.82, 2.24) is 9.55 Å². The van der Waals surface area contributed by atoms with Gasteiger partial charge >= 0.3 is 5.97 Å². The van der Waals surface area contributed by atoms with Gasteiger partial charge in [-0.15, -0.1) is 0 Å². The van der Waals surface area contributed by atoms with Crippen molar-refractivity contribution in [2.45, 2.75) is 26.2 Å². The Morgan fingerprint density at radius 3 is 2.47 bits per heavy atom. The van der Waals surface area contributed by atoms with Crippen LogP contribution >= 0.6 is 0 Å². The van der Waals surface area contributed by atoms with Gasteiger partial charge in [-0.1, -0.05) is 0 Å². The van der Waals surface area contributed by atoms with Gasteiger partial charge in [-0.2, -0.15) is 0 Å². The number of fused-ring (bicyclic) bond motifs is 1. The second-order valence-electron chi connectivity index (χ2n) is 7.25. The Bertz CT molecular complexity index is 1120. The molecule has 156 valence electrons. The maximum atomic E-state index is 13.5. The van der Waals surface area contributed by atoms with E-state index in [4.69, 9.17) is 14.5 Å². The van der Waals surface area contributed by atoms with E-state index in [1.165, 1.54) is 13.5 Å². The van der Waals surface area contributed by atoms with Gasteiger partial charge in [0.15, 0.2) is 0 Å². The predicted octanol–water partition coefficient (Wildman–Crippen LogP) is 3.56. The Balaban J connectivity index is 1.91. The summed E-state index contributed by atoms with van der Waals surface area (Å²) < 4.78 is 12.0. The smallest absolute Gasteiger partial charge is 0.337 e. The summed E-state index contributed by atoms with van der Waals surface area (Å²) in [5, 5.41) is 0.456. The van der Waals surface area contributed by atoms with E-state index in [2.05, 4.69) is 4.90 Å². The molecule has 0 bridgehead atoms. The molecule has 1 aliphatic rings. The average Bonchev–Trinajstić information content (AvgIpc) is 2.79. The maximum absolute atomic E-state index is 13.5. The van der Waals surface area contributed by atoms with Crippen LogP contribution in [0.15, 0.2) is 47.3 Å². The lowest BCUT2D eigenvalue weighted by Gasteiger charge is -2.30. The summed E-state index contributed by atoms with van der Waals surface area (Å²) in [6, 6.07) is 12.3. The molecule has 3 aromatic rings. The quantitative estimate of drug-likeness (QED) is 0.602. The van der Waals surface area contributed by atoms with Gasteiger partial charge in [0.25, 0.3) is 5.56 Å². The SMILES string of the molecule is CCOc1ccc(-n2c(N3CCCCC3)nc3cc(C(=O)OC)ccc3c2=O)cc1. The summed E-state index contributed by atoms with van der Waals surface area (Å²) in [5.74, 6) is 0.901. The van der Waals surface area contributed by atoms with Gasteiger partial charge < -0.3 is 14.4 Å². The van der Waals surface area contributed by atoms with Crippen molar-refractivity contribution in [3.63, 3.8) is 0 Å². The summed E-state index contributed by atoms with van der Waals surface area (Å²) in [4.78, 5) is 32.4. The van der Waals surface area contributed by atoms with Gasteiger partial charge in [-0.05, 0) is 68.7 Å². The number of rotatable bonds is 5. The number of piperidine rings is 1. The van der Waals surface area contributed by atoms with Crippen LogP contribution in [0.2, 0.25) is 0 Å². The van der Waals surface area contributed by atoms with Crippen molar-refractivity contribution in [2.75, 3.05) is 31.7 Å². The Hall–Kier alpha value is -3.35. The van der Waals surface area contributed by atoms with Crippen LogP contribution in [-0.2, 0) is 4.74 Å². The maximum Gasteiger partial charge on any atom is 0.337 e. The largest absolute Gasteiger partial charge is 0.494 e. The lowest BCUT2D eigenvalue weighted by atomic mass is 10.1. The van der Waals surface area contributed by atoms with Gasteiger partial charge in [0, 0.05) is 13.1 Å². The molecule has 30 heavy (non-hydrogen) atoms. The molecule has 0 spiro atoms. The minimum atomic E-state index is -0.450. The van der Waals surface area contributed by atoms with Crippen LogP contribution < -0.4 is 15.2 Å². The Kier molecular flexibility index (Phi) is 5.70. The number of hydrogen-bond acceptors (Lipinski definition) is 6. The fourth-order valence-electron chi connectivity index (χ4n) is 3.82. The number of hydrogen-bond donors (Lipinski definition) is 0. The molecule has 1 fully saturated rings. The van der Waals surface area contributed by atoms with E-state index in [9.17, 15) is 9.59 Å². The van der Waals surface area contributed by atoms with Crippen LogP contribution in [0.5, 0.6) is 5.75 Å². The molecule has 1 aliphatic heterocycles. The van der Waals surface area contributed by atoms with Crippen LogP contribution in [0.3, 0.4) is 0 Å². The van der Waals surface area contributed by atoms with E-state index in [1.807, 2.05) is 31.2 Å². The van der Waals surface area contributed by atoms with Crippen LogP contribution in [0.4, 0.5) is 5.95 Å². The summed E-state index contributed by atoms with van der Waals surface area (Å²) in [7, 11) is 1.34. The summed E-state index contributed by atoms with van der Waals surface area (Å²) >= 11 is 0. The molecule has 7 nitrogen and oxygen atoms in total. The van der Waals surface area contributed by atoms with Crippen LogP contribution in [0.1, 0.15) is 36.5 Å². The first-order chi connectivity index (χ1) is 14.6. The molecule has 2 aromatic carbocycles. The molecule has 0 aliphatic carbocycles. The highest BCUT2D eigenvalue weighted by Gasteiger charge is 2.21. The number of carbonyl (C=O) groups excluding carboxylic acids is 1. The zero-order chi connectivity index (χ0) is 21.1. The van der Waals surface area contributed by atoms with Gasteiger partial charge in [0.05, 0.1) is 35.9 Å². The molecule has 1 aromatic heterocycles. The Morgan fingerprint density at radius 2 is 1.80 bits per heavy atom. The second-order valence-corrected chi connectivity index (χ2v) is 7.25. The minimum absolute atomic E-state index is 0.166. The first-order valence-corrected chi connectivity index (χ1v) is 10.3. The molecule has 4 rings (SSSR count). The second kappa shape index (κ2) is 8.57. The molecule has 2 heterocycles. The van der Waals surface area contributed by atoms with E-state index in [0.29, 0.717) is 29.0 Å². The highest BCUT2D eigenvalue weighted by Crippen LogP contribution is 2.24. The fourth-order valence-corrected chi connectivity index (χ4v) is 3.82. The third-order valence-corrected chi connectivity index (χ3v) is 5.32. The normalized spacial score (nSPS) is 14.0. The van der Waals surface area contributed by atoms with Crippen molar-refractivity contribution in [3.05, 3.63) is 58.4 Å². The van der Waals surface area contributed by atoms with E-state index in [-0.39, 0.29) is 5.56 Å². The minimum Gasteiger partial charge on any atom is -0.494 e. The van der Waals surface area contributed by atoms with Crippen molar-refractivity contribution in [1.29, 1.82) is 0 Å². The van der Waals surface area contributed by atoms with Crippen LogP contribution in [-0.4, -0.2) is 42.3 Å².